The lowest BCUT2D eigenvalue weighted by Crippen LogP contribution is -1.89. The number of aromatic nitrogens is 1. The Kier molecular flexibility index (Phi) is 4.39. The van der Waals surface area contributed by atoms with E-state index in [1.807, 2.05) is 12.1 Å². The lowest BCUT2D eigenvalue weighted by atomic mass is 10.0. The highest BCUT2D eigenvalue weighted by Crippen LogP contribution is 2.30. The van der Waals surface area contributed by atoms with Crippen LogP contribution < -0.4 is 0 Å². The molecule has 0 saturated carbocycles. The fourth-order valence-corrected chi connectivity index (χ4v) is 2.98. The van der Waals surface area contributed by atoms with Gasteiger partial charge in [-0.2, -0.15) is 0 Å². The summed E-state index contributed by atoms with van der Waals surface area (Å²) in [5.74, 6) is 0.109. The van der Waals surface area contributed by atoms with Gasteiger partial charge in [0.2, 0.25) is 0 Å². The third-order valence-corrected chi connectivity index (χ3v) is 4.30. The maximum atomic E-state index is 10.2. The summed E-state index contributed by atoms with van der Waals surface area (Å²) in [6, 6.07) is 11.7. The van der Waals surface area contributed by atoms with Crippen molar-refractivity contribution in [3.63, 3.8) is 0 Å². The van der Waals surface area contributed by atoms with Gasteiger partial charge in [0.05, 0.1) is 11.3 Å². The van der Waals surface area contributed by atoms with Gasteiger partial charge in [0.25, 0.3) is 0 Å². The predicted octanol–water partition coefficient (Wildman–Crippen LogP) is 5.40. The first-order valence-corrected chi connectivity index (χ1v) is 8.16. The number of aliphatic imine (C=N–C) groups is 1. The summed E-state index contributed by atoms with van der Waals surface area (Å²) in [6.45, 7) is 4.24. The molecule has 2 N–H and O–H groups in total. The van der Waals surface area contributed by atoms with Crippen molar-refractivity contribution in [2.75, 3.05) is 0 Å². The third-order valence-electron chi connectivity index (χ3n) is 4.07. The lowest BCUT2D eigenvalue weighted by molar-refractivity contribution is 0.457. The largest absolute Gasteiger partial charge is 0.494 e. The molecule has 0 radical (unpaired) electrons. The number of rotatable bonds is 4. The van der Waals surface area contributed by atoms with Crippen LogP contribution in [-0.4, -0.2) is 16.3 Å². The summed E-state index contributed by atoms with van der Waals surface area (Å²) in [5.41, 5.74) is 4.91. The highest BCUT2D eigenvalue weighted by Gasteiger charge is 2.10. The second-order valence-corrected chi connectivity index (χ2v) is 5.90. The first kappa shape index (κ1) is 15.6. The number of para-hydroxylation sites is 1. The summed E-state index contributed by atoms with van der Waals surface area (Å²) in [6.07, 6.45) is 3.57. The van der Waals surface area contributed by atoms with Gasteiger partial charge in [-0.05, 0) is 42.2 Å². The zero-order valence-corrected chi connectivity index (χ0v) is 14.0. The van der Waals surface area contributed by atoms with Gasteiger partial charge in [0.15, 0.2) is 5.88 Å². The van der Waals surface area contributed by atoms with Gasteiger partial charge in [-0.25, -0.2) is 0 Å². The van der Waals surface area contributed by atoms with E-state index in [2.05, 4.69) is 42.0 Å². The fraction of sp³-hybridized carbons (Fsp3) is 0.211. The van der Waals surface area contributed by atoms with Crippen LogP contribution in [0.15, 0.2) is 41.4 Å². The number of aromatic amines is 1. The lowest BCUT2D eigenvalue weighted by Gasteiger charge is -2.08. The molecule has 0 bridgehead atoms. The minimum Gasteiger partial charge on any atom is -0.494 e. The average Bonchev–Trinajstić information content (AvgIpc) is 2.87. The normalized spacial score (nSPS) is 11.6. The fourth-order valence-electron chi connectivity index (χ4n) is 2.81. The molecule has 23 heavy (non-hydrogen) atoms. The molecule has 2 aromatic carbocycles. The van der Waals surface area contributed by atoms with Crippen LogP contribution in [0, 0.1) is 0 Å². The second-order valence-electron chi connectivity index (χ2n) is 5.47. The van der Waals surface area contributed by atoms with Crippen molar-refractivity contribution in [2.45, 2.75) is 26.7 Å². The summed E-state index contributed by atoms with van der Waals surface area (Å²) in [7, 11) is 0. The van der Waals surface area contributed by atoms with E-state index in [1.165, 1.54) is 11.1 Å². The Morgan fingerprint density at radius 3 is 2.48 bits per heavy atom. The Labute approximate surface area is 140 Å². The van der Waals surface area contributed by atoms with Gasteiger partial charge >= 0.3 is 0 Å². The first-order valence-electron chi connectivity index (χ1n) is 7.79. The standard InChI is InChI=1S/C19H19ClN2O/c1-3-12-6-5-7-13(4-2)18(12)21-11-16-15-10-14(20)8-9-17(15)22-19(16)23/h5-11,22-23H,3-4H2,1-2H3. The van der Waals surface area contributed by atoms with E-state index in [0.29, 0.717) is 10.6 Å². The topological polar surface area (TPSA) is 48.4 Å². The molecule has 118 valence electrons. The monoisotopic (exact) mass is 326 g/mol. The van der Waals surface area contributed by atoms with Gasteiger partial charge in [0.1, 0.15) is 0 Å². The van der Waals surface area contributed by atoms with Crippen LogP contribution in [0.4, 0.5) is 5.69 Å². The quantitative estimate of drug-likeness (QED) is 0.619. The number of hydrogen-bond donors (Lipinski definition) is 2. The van der Waals surface area contributed by atoms with E-state index < -0.39 is 0 Å². The van der Waals surface area contributed by atoms with Crippen molar-refractivity contribution in [1.82, 2.24) is 4.98 Å². The van der Waals surface area contributed by atoms with Crippen LogP contribution in [0.5, 0.6) is 5.88 Å². The Morgan fingerprint density at radius 2 is 1.83 bits per heavy atom. The summed E-state index contributed by atoms with van der Waals surface area (Å²) >= 11 is 6.07. The Bertz CT molecular complexity index is 858. The molecular formula is C19H19ClN2O. The van der Waals surface area contributed by atoms with E-state index in [0.717, 1.165) is 29.4 Å². The van der Waals surface area contributed by atoms with Gasteiger partial charge in [0, 0.05) is 22.1 Å². The number of nitrogens with zero attached hydrogens (tertiary/aromatic N) is 1. The molecule has 0 amide bonds. The zero-order chi connectivity index (χ0) is 16.4. The molecule has 1 heterocycles. The molecule has 0 saturated heterocycles. The van der Waals surface area contributed by atoms with E-state index in [-0.39, 0.29) is 5.88 Å². The van der Waals surface area contributed by atoms with Gasteiger partial charge in [-0.3, -0.25) is 4.99 Å². The number of fused-ring (bicyclic) bond motifs is 1. The van der Waals surface area contributed by atoms with Crippen molar-refractivity contribution >= 4 is 34.4 Å². The molecule has 0 aliphatic carbocycles. The molecule has 3 aromatic rings. The molecule has 3 nitrogen and oxygen atoms in total. The highest BCUT2D eigenvalue weighted by atomic mass is 35.5. The van der Waals surface area contributed by atoms with Gasteiger partial charge in [-0.15, -0.1) is 0 Å². The average molecular weight is 327 g/mol. The molecule has 0 fully saturated rings. The Balaban J connectivity index is 2.11. The van der Waals surface area contributed by atoms with Gasteiger partial charge < -0.3 is 10.1 Å². The van der Waals surface area contributed by atoms with Crippen LogP contribution in [0.1, 0.15) is 30.5 Å². The van der Waals surface area contributed by atoms with Crippen LogP contribution in [0.25, 0.3) is 10.9 Å². The third kappa shape index (κ3) is 2.97. The number of nitrogens with one attached hydrogen (secondary N) is 1. The number of hydrogen-bond acceptors (Lipinski definition) is 2. The van der Waals surface area contributed by atoms with E-state index in [9.17, 15) is 5.11 Å². The SMILES string of the molecule is CCc1cccc(CC)c1N=Cc1c(O)[nH]c2ccc(Cl)cc12. The predicted molar refractivity (Wildman–Crippen MR) is 97.4 cm³/mol. The molecule has 0 aliphatic rings. The summed E-state index contributed by atoms with van der Waals surface area (Å²) in [5, 5.41) is 11.7. The van der Waals surface area contributed by atoms with Crippen LogP contribution in [0.2, 0.25) is 5.02 Å². The van der Waals surface area contributed by atoms with Gasteiger partial charge in [-0.1, -0.05) is 43.6 Å². The number of aryl methyl sites for hydroxylation is 2. The van der Waals surface area contributed by atoms with Crippen molar-refractivity contribution in [3.8, 4) is 5.88 Å². The molecule has 0 unspecified atom stereocenters. The minimum atomic E-state index is 0.109. The second kappa shape index (κ2) is 6.47. The van der Waals surface area contributed by atoms with E-state index >= 15 is 0 Å². The van der Waals surface area contributed by atoms with Crippen molar-refractivity contribution in [3.05, 3.63) is 58.1 Å². The van der Waals surface area contributed by atoms with E-state index in [4.69, 9.17) is 11.6 Å². The Hall–Kier alpha value is -2.26. The number of halogens is 1. The number of aromatic hydroxyl groups is 1. The molecule has 3 rings (SSSR count). The summed E-state index contributed by atoms with van der Waals surface area (Å²) in [4.78, 5) is 7.64. The summed E-state index contributed by atoms with van der Waals surface area (Å²) < 4.78 is 0. The van der Waals surface area contributed by atoms with Crippen LogP contribution in [0.3, 0.4) is 0 Å². The van der Waals surface area contributed by atoms with Crippen molar-refractivity contribution < 1.29 is 5.11 Å². The molecule has 1 aromatic heterocycles. The molecule has 0 atom stereocenters. The molecular weight excluding hydrogens is 308 g/mol. The van der Waals surface area contributed by atoms with Crippen LogP contribution in [-0.2, 0) is 12.8 Å². The highest BCUT2D eigenvalue weighted by molar-refractivity contribution is 6.31. The van der Waals surface area contributed by atoms with E-state index in [1.54, 1.807) is 12.3 Å². The number of H-pyrrole nitrogens is 1. The van der Waals surface area contributed by atoms with Crippen molar-refractivity contribution in [2.24, 2.45) is 4.99 Å². The first-order chi connectivity index (χ1) is 11.1. The minimum absolute atomic E-state index is 0.109. The van der Waals surface area contributed by atoms with Crippen LogP contribution >= 0.6 is 11.6 Å². The maximum Gasteiger partial charge on any atom is 0.198 e. The number of benzene rings is 2. The smallest absolute Gasteiger partial charge is 0.198 e. The molecule has 4 heteroatoms. The Morgan fingerprint density at radius 1 is 1.13 bits per heavy atom. The molecule has 0 aliphatic heterocycles. The zero-order valence-electron chi connectivity index (χ0n) is 13.2. The molecule has 0 spiro atoms. The maximum absolute atomic E-state index is 10.2. The van der Waals surface area contributed by atoms with Crippen molar-refractivity contribution in [1.29, 1.82) is 0 Å².